The SMILES string of the molecule is CC(C)(C)OC(=O)N1CCCC[C@H]1COC(=O)Oc1ccc([N+](=O)[O-])cc1. The van der Waals surface area contributed by atoms with Crippen molar-refractivity contribution in [3.05, 3.63) is 34.4 Å². The molecule has 27 heavy (non-hydrogen) atoms. The Labute approximate surface area is 157 Å². The van der Waals surface area contributed by atoms with Crippen LogP contribution in [-0.4, -0.2) is 46.9 Å². The summed E-state index contributed by atoms with van der Waals surface area (Å²) in [4.78, 5) is 35.8. The monoisotopic (exact) mass is 380 g/mol. The Morgan fingerprint density at radius 1 is 1.22 bits per heavy atom. The molecule has 1 aliphatic heterocycles. The molecule has 148 valence electrons. The molecule has 0 N–H and O–H groups in total. The van der Waals surface area contributed by atoms with Crippen molar-refractivity contribution in [2.45, 2.75) is 51.7 Å². The molecule has 0 aliphatic carbocycles. The number of carbonyl (C=O) groups is 2. The van der Waals surface area contributed by atoms with Gasteiger partial charge in [-0.2, -0.15) is 0 Å². The highest BCUT2D eigenvalue weighted by Gasteiger charge is 2.31. The molecule has 0 radical (unpaired) electrons. The number of carbonyl (C=O) groups excluding carboxylic acids is 2. The highest BCUT2D eigenvalue weighted by Crippen LogP contribution is 2.21. The summed E-state index contributed by atoms with van der Waals surface area (Å²) in [5.74, 6) is 0.137. The van der Waals surface area contributed by atoms with Crippen LogP contribution in [0, 0.1) is 10.1 Å². The molecule has 1 saturated heterocycles. The lowest BCUT2D eigenvalue weighted by Gasteiger charge is -2.36. The molecular weight excluding hydrogens is 356 g/mol. The van der Waals surface area contributed by atoms with Crippen LogP contribution in [0.25, 0.3) is 0 Å². The van der Waals surface area contributed by atoms with Crippen molar-refractivity contribution in [2.75, 3.05) is 13.2 Å². The van der Waals surface area contributed by atoms with Crippen LogP contribution >= 0.6 is 0 Å². The van der Waals surface area contributed by atoms with E-state index in [1.54, 1.807) is 25.7 Å². The number of amides is 1. The maximum Gasteiger partial charge on any atom is 0.513 e. The van der Waals surface area contributed by atoms with E-state index in [0.717, 1.165) is 12.8 Å². The lowest BCUT2D eigenvalue weighted by atomic mass is 10.0. The van der Waals surface area contributed by atoms with Gasteiger partial charge in [-0.15, -0.1) is 0 Å². The molecule has 1 fully saturated rings. The molecule has 0 unspecified atom stereocenters. The van der Waals surface area contributed by atoms with Gasteiger partial charge < -0.3 is 19.1 Å². The van der Waals surface area contributed by atoms with Gasteiger partial charge in [-0.1, -0.05) is 0 Å². The fraction of sp³-hybridized carbons (Fsp3) is 0.556. The van der Waals surface area contributed by atoms with Crippen molar-refractivity contribution < 1.29 is 28.7 Å². The number of nitro benzene ring substituents is 1. The molecule has 0 bridgehead atoms. The van der Waals surface area contributed by atoms with Gasteiger partial charge in [0.15, 0.2) is 0 Å². The maximum atomic E-state index is 12.3. The minimum absolute atomic E-state index is 0.00887. The van der Waals surface area contributed by atoms with E-state index in [-0.39, 0.29) is 24.1 Å². The zero-order valence-corrected chi connectivity index (χ0v) is 15.7. The molecule has 2 rings (SSSR count). The molecule has 9 nitrogen and oxygen atoms in total. The summed E-state index contributed by atoms with van der Waals surface area (Å²) < 4.78 is 15.5. The van der Waals surface area contributed by atoms with Crippen molar-refractivity contribution in [1.82, 2.24) is 4.90 Å². The highest BCUT2D eigenvalue weighted by molar-refractivity contribution is 5.69. The Hall–Kier alpha value is -2.84. The Bertz CT molecular complexity index is 682. The maximum absolute atomic E-state index is 12.3. The number of nitro groups is 1. The number of ether oxygens (including phenoxy) is 3. The molecule has 1 aliphatic rings. The van der Waals surface area contributed by atoms with Crippen molar-refractivity contribution in [1.29, 1.82) is 0 Å². The van der Waals surface area contributed by atoms with E-state index >= 15 is 0 Å². The van der Waals surface area contributed by atoms with Crippen LogP contribution in [0.5, 0.6) is 5.75 Å². The average Bonchev–Trinajstić information content (AvgIpc) is 2.59. The smallest absolute Gasteiger partial charge is 0.444 e. The van der Waals surface area contributed by atoms with E-state index < -0.39 is 22.8 Å². The number of piperidine rings is 1. The van der Waals surface area contributed by atoms with E-state index in [1.807, 2.05) is 0 Å². The molecule has 0 saturated carbocycles. The zero-order chi connectivity index (χ0) is 20.0. The fourth-order valence-electron chi connectivity index (χ4n) is 2.66. The van der Waals surface area contributed by atoms with Gasteiger partial charge >= 0.3 is 12.2 Å². The van der Waals surface area contributed by atoms with Crippen LogP contribution in [0.1, 0.15) is 40.0 Å². The van der Waals surface area contributed by atoms with Gasteiger partial charge in [-0.3, -0.25) is 10.1 Å². The third-order valence-electron chi connectivity index (χ3n) is 3.90. The Morgan fingerprint density at radius 3 is 2.48 bits per heavy atom. The van der Waals surface area contributed by atoms with E-state index in [4.69, 9.17) is 14.2 Å². The van der Waals surface area contributed by atoms with E-state index in [0.29, 0.717) is 13.0 Å². The van der Waals surface area contributed by atoms with Crippen LogP contribution in [0.2, 0.25) is 0 Å². The predicted octanol–water partition coefficient (Wildman–Crippen LogP) is 3.90. The Kier molecular flexibility index (Phi) is 6.59. The largest absolute Gasteiger partial charge is 0.513 e. The fourth-order valence-corrected chi connectivity index (χ4v) is 2.66. The molecule has 9 heteroatoms. The molecule has 1 aromatic carbocycles. The lowest BCUT2D eigenvalue weighted by molar-refractivity contribution is -0.384. The van der Waals surface area contributed by atoms with Gasteiger partial charge in [-0.05, 0) is 52.2 Å². The molecular formula is C18H24N2O7. The van der Waals surface area contributed by atoms with Crippen LogP contribution in [0.3, 0.4) is 0 Å². The summed E-state index contributed by atoms with van der Waals surface area (Å²) >= 11 is 0. The summed E-state index contributed by atoms with van der Waals surface area (Å²) in [5.41, 5.74) is -0.708. The van der Waals surface area contributed by atoms with Crippen LogP contribution in [-0.2, 0) is 9.47 Å². The predicted molar refractivity (Wildman–Crippen MR) is 95.7 cm³/mol. The summed E-state index contributed by atoms with van der Waals surface area (Å²) in [6.45, 7) is 5.91. The van der Waals surface area contributed by atoms with Gasteiger partial charge in [0.2, 0.25) is 0 Å². The Balaban J connectivity index is 1.88. The van der Waals surface area contributed by atoms with Gasteiger partial charge in [0.05, 0.1) is 11.0 Å². The van der Waals surface area contributed by atoms with Gasteiger partial charge in [0.25, 0.3) is 5.69 Å². The standard InChI is InChI=1S/C18H24N2O7/c1-18(2,3)27-16(21)19-11-5-4-6-14(19)12-25-17(22)26-15-9-7-13(8-10-15)20(23)24/h7-10,14H,4-6,11-12H2,1-3H3/t14-/m0/s1. The third-order valence-corrected chi connectivity index (χ3v) is 3.90. The number of benzene rings is 1. The first kappa shape index (κ1) is 20.5. The van der Waals surface area contributed by atoms with Crippen LogP contribution < -0.4 is 4.74 Å². The number of likely N-dealkylation sites (tertiary alicyclic amines) is 1. The lowest BCUT2D eigenvalue weighted by Crippen LogP contribution is -2.48. The second-order valence-electron chi connectivity index (χ2n) is 7.24. The molecule has 1 aromatic rings. The number of non-ortho nitro benzene ring substituents is 1. The third kappa shape index (κ3) is 6.43. The zero-order valence-electron chi connectivity index (χ0n) is 15.7. The van der Waals surface area contributed by atoms with Gasteiger partial charge in [-0.25, -0.2) is 9.59 Å². The average molecular weight is 380 g/mol. The molecule has 0 aromatic heterocycles. The van der Waals surface area contributed by atoms with E-state index in [2.05, 4.69) is 0 Å². The normalized spacial score (nSPS) is 17.1. The minimum atomic E-state index is -0.932. The summed E-state index contributed by atoms with van der Waals surface area (Å²) in [7, 11) is 0. The summed E-state index contributed by atoms with van der Waals surface area (Å²) in [6, 6.07) is 4.81. The number of rotatable bonds is 4. The van der Waals surface area contributed by atoms with Crippen molar-refractivity contribution >= 4 is 17.9 Å². The molecule has 1 atom stereocenters. The topological polar surface area (TPSA) is 108 Å². The first-order chi connectivity index (χ1) is 12.7. The summed E-state index contributed by atoms with van der Waals surface area (Å²) in [5, 5.41) is 10.6. The second kappa shape index (κ2) is 8.70. The van der Waals surface area contributed by atoms with Crippen molar-refractivity contribution in [2.24, 2.45) is 0 Å². The van der Waals surface area contributed by atoms with Crippen molar-refractivity contribution in [3.63, 3.8) is 0 Å². The van der Waals surface area contributed by atoms with Crippen LogP contribution in [0.15, 0.2) is 24.3 Å². The minimum Gasteiger partial charge on any atom is -0.444 e. The Morgan fingerprint density at radius 2 is 1.89 bits per heavy atom. The first-order valence-corrected chi connectivity index (χ1v) is 8.74. The quantitative estimate of drug-likeness (QED) is 0.337. The van der Waals surface area contributed by atoms with Gasteiger partial charge in [0.1, 0.15) is 18.0 Å². The molecule has 0 spiro atoms. The van der Waals surface area contributed by atoms with Crippen molar-refractivity contribution in [3.8, 4) is 5.75 Å². The summed E-state index contributed by atoms with van der Waals surface area (Å²) in [6.07, 6.45) is 1.12. The van der Waals surface area contributed by atoms with E-state index in [1.165, 1.54) is 24.3 Å². The number of hydrogen-bond acceptors (Lipinski definition) is 7. The molecule has 1 amide bonds. The number of nitrogens with zero attached hydrogens (tertiary/aromatic N) is 2. The second-order valence-corrected chi connectivity index (χ2v) is 7.24. The number of hydrogen-bond donors (Lipinski definition) is 0. The van der Waals surface area contributed by atoms with Gasteiger partial charge in [0, 0.05) is 18.7 Å². The highest BCUT2D eigenvalue weighted by atomic mass is 16.7. The van der Waals surface area contributed by atoms with E-state index in [9.17, 15) is 19.7 Å². The first-order valence-electron chi connectivity index (χ1n) is 8.74. The molecule has 1 heterocycles. The van der Waals surface area contributed by atoms with Crippen LogP contribution in [0.4, 0.5) is 15.3 Å².